The molecule has 2 fully saturated rings. The zero-order chi connectivity index (χ0) is 10.3. The van der Waals surface area contributed by atoms with E-state index in [2.05, 4.69) is 36.5 Å². The maximum atomic E-state index is 3.62. The summed E-state index contributed by atoms with van der Waals surface area (Å²) in [5.41, 5.74) is 3.02. The number of hydrogen-bond donors (Lipinski definition) is 1. The van der Waals surface area contributed by atoms with Gasteiger partial charge in [-0.05, 0) is 36.8 Å². The van der Waals surface area contributed by atoms with Crippen molar-refractivity contribution in [3.63, 3.8) is 0 Å². The van der Waals surface area contributed by atoms with Gasteiger partial charge in [0.05, 0.1) is 5.37 Å². The first kappa shape index (κ1) is 9.73. The third-order valence-electron chi connectivity index (χ3n) is 3.21. The number of nitrogens with one attached hydrogen (secondary N) is 1. The quantitative estimate of drug-likeness (QED) is 0.819. The van der Waals surface area contributed by atoms with Crippen molar-refractivity contribution in [2.75, 3.05) is 5.75 Å². The molecule has 1 saturated carbocycles. The van der Waals surface area contributed by atoms with Crippen LogP contribution in [0.3, 0.4) is 0 Å². The third kappa shape index (κ3) is 2.06. The van der Waals surface area contributed by atoms with Crippen molar-refractivity contribution < 1.29 is 0 Å². The van der Waals surface area contributed by atoms with Gasteiger partial charge in [-0.15, -0.1) is 11.8 Å². The minimum Gasteiger partial charge on any atom is -0.298 e. The van der Waals surface area contributed by atoms with Crippen LogP contribution in [-0.2, 0) is 0 Å². The molecule has 3 rings (SSSR count). The summed E-state index contributed by atoms with van der Waals surface area (Å²) < 4.78 is 0. The zero-order valence-corrected chi connectivity index (χ0v) is 9.89. The predicted octanol–water partition coefficient (Wildman–Crippen LogP) is 3.29. The topological polar surface area (TPSA) is 12.0 Å². The monoisotopic (exact) mass is 219 g/mol. The van der Waals surface area contributed by atoms with Gasteiger partial charge in [-0.25, -0.2) is 0 Å². The molecule has 0 radical (unpaired) electrons. The van der Waals surface area contributed by atoms with Crippen LogP contribution >= 0.6 is 11.8 Å². The van der Waals surface area contributed by atoms with Gasteiger partial charge in [-0.1, -0.05) is 24.3 Å². The lowest BCUT2D eigenvalue weighted by Crippen LogP contribution is -2.21. The highest BCUT2D eigenvalue weighted by molar-refractivity contribution is 7.99. The summed E-state index contributed by atoms with van der Waals surface area (Å²) >= 11 is 2.03. The molecule has 1 N–H and O–H groups in total. The van der Waals surface area contributed by atoms with Gasteiger partial charge >= 0.3 is 0 Å². The lowest BCUT2D eigenvalue weighted by molar-refractivity contribution is 0.618. The van der Waals surface area contributed by atoms with Crippen molar-refractivity contribution in [3.05, 3.63) is 35.4 Å². The fourth-order valence-corrected chi connectivity index (χ4v) is 3.43. The molecule has 0 spiro atoms. The normalized spacial score (nSPS) is 30.7. The molecule has 15 heavy (non-hydrogen) atoms. The molecular formula is C13H17NS. The van der Waals surface area contributed by atoms with Crippen molar-refractivity contribution in [1.82, 2.24) is 5.32 Å². The van der Waals surface area contributed by atoms with Crippen molar-refractivity contribution in [1.29, 1.82) is 0 Å². The van der Waals surface area contributed by atoms with Crippen LogP contribution in [0.15, 0.2) is 24.3 Å². The summed E-state index contributed by atoms with van der Waals surface area (Å²) in [6.45, 7) is 2.26. The summed E-state index contributed by atoms with van der Waals surface area (Å²) in [6, 6.07) is 9.82. The molecule has 1 saturated heterocycles. The lowest BCUT2D eigenvalue weighted by atomic mass is 10.1. The molecule has 2 atom stereocenters. The summed E-state index contributed by atoms with van der Waals surface area (Å²) in [4.78, 5) is 0. The average molecular weight is 219 g/mol. The Morgan fingerprint density at radius 1 is 1.27 bits per heavy atom. The van der Waals surface area contributed by atoms with E-state index >= 15 is 0 Å². The highest BCUT2D eigenvalue weighted by Gasteiger charge is 2.26. The number of hydrogen-bond acceptors (Lipinski definition) is 2. The molecule has 1 aliphatic heterocycles. The van der Waals surface area contributed by atoms with E-state index in [9.17, 15) is 0 Å². The smallest absolute Gasteiger partial charge is 0.0792 e. The molecule has 1 aliphatic carbocycles. The first-order valence-electron chi connectivity index (χ1n) is 5.80. The second-order valence-electron chi connectivity index (χ2n) is 4.73. The van der Waals surface area contributed by atoms with Gasteiger partial charge in [-0.2, -0.15) is 0 Å². The summed E-state index contributed by atoms with van der Waals surface area (Å²) in [5.74, 6) is 2.10. The first-order valence-corrected chi connectivity index (χ1v) is 6.85. The average Bonchev–Trinajstić information content (AvgIpc) is 3.02. The maximum Gasteiger partial charge on any atom is 0.0792 e. The molecule has 1 nitrogen and oxygen atoms in total. The molecule has 1 heterocycles. The van der Waals surface area contributed by atoms with Crippen LogP contribution < -0.4 is 5.32 Å². The summed E-state index contributed by atoms with van der Waals surface area (Å²) in [5, 5.41) is 4.15. The Bertz CT molecular complexity index is 359. The zero-order valence-electron chi connectivity index (χ0n) is 9.07. The van der Waals surface area contributed by atoms with Crippen LogP contribution in [0.4, 0.5) is 0 Å². The van der Waals surface area contributed by atoms with E-state index in [0.29, 0.717) is 11.4 Å². The van der Waals surface area contributed by atoms with Crippen molar-refractivity contribution >= 4 is 11.8 Å². The van der Waals surface area contributed by atoms with E-state index in [1.165, 1.54) is 24.2 Å². The Morgan fingerprint density at radius 3 is 2.73 bits per heavy atom. The highest BCUT2D eigenvalue weighted by Crippen LogP contribution is 2.41. The van der Waals surface area contributed by atoms with Crippen molar-refractivity contribution in [2.24, 2.45) is 0 Å². The second-order valence-corrected chi connectivity index (χ2v) is 5.86. The fraction of sp³-hybridized carbons (Fsp3) is 0.538. The Kier molecular flexibility index (Phi) is 2.49. The second kappa shape index (κ2) is 3.84. The summed E-state index contributed by atoms with van der Waals surface area (Å²) in [7, 11) is 0. The van der Waals surface area contributed by atoms with E-state index in [0.717, 1.165) is 5.92 Å². The largest absolute Gasteiger partial charge is 0.298 e. The molecule has 2 unspecified atom stereocenters. The Balaban J connectivity index is 1.81. The summed E-state index contributed by atoms with van der Waals surface area (Å²) in [6.07, 6.45) is 2.79. The van der Waals surface area contributed by atoms with Crippen molar-refractivity contribution in [2.45, 2.75) is 37.1 Å². The van der Waals surface area contributed by atoms with Crippen LogP contribution in [0.25, 0.3) is 0 Å². The van der Waals surface area contributed by atoms with Crippen LogP contribution in [0, 0.1) is 0 Å². The molecule has 0 bridgehead atoms. The number of thioether (sulfide) groups is 1. The van der Waals surface area contributed by atoms with Crippen LogP contribution in [0.1, 0.15) is 42.2 Å². The molecule has 2 aliphatic rings. The highest BCUT2D eigenvalue weighted by atomic mass is 32.2. The number of rotatable bonds is 2. The van der Waals surface area contributed by atoms with Crippen molar-refractivity contribution in [3.8, 4) is 0 Å². The number of benzene rings is 1. The van der Waals surface area contributed by atoms with E-state index in [4.69, 9.17) is 0 Å². The molecular weight excluding hydrogens is 202 g/mol. The van der Waals surface area contributed by atoms with E-state index < -0.39 is 0 Å². The van der Waals surface area contributed by atoms with Gasteiger partial charge in [0.2, 0.25) is 0 Å². The maximum absolute atomic E-state index is 3.62. The Labute approximate surface area is 95.6 Å². The van der Waals surface area contributed by atoms with E-state index in [-0.39, 0.29) is 0 Å². The fourth-order valence-electron chi connectivity index (χ4n) is 2.18. The third-order valence-corrected chi connectivity index (χ3v) is 4.65. The Morgan fingerprint density at radius 2 is 2.07 bits per heavy atom. The Hall–Kier alpha value is -0.470. The molecule has 0 aromatic heterocycles. The van der Waals surface area contributed by atoms with Crippen LogP contribution in [0.2, 0.25) is 0 Å². The van der Waals surface area contributed by atoms with E-state index in [1.54, 1.807) is 5.56 Å². The van der Waals surface area contributed by atoms with Gasteiger partial charge in [0.25, 0.3) is 0 Å². The van der Waals surface area contributed by atoms with Gasteiger partial charge < -0.3 is 0 Å². The minimum atomic E-state index is 0.527. The molecule has 0 amide bonds. The van der Waals surface area contributed by atoms with Gasteiger partial charge in [0.1, 0.15) is 0 Å². The molecule has 2 heteroatoms. The first-order chi connectivity index (χ1) is 7.33. The standard InChI is InChI=1S/C13H17NS/c1-9-8-15-13(14-9)12-4-2-3-11(7-12)10-5-6-10/h2-4,7,9-10,13-14H,5-6,8H2,1H3. The molecule has 1 aromatic rings. The van der Waals surface area contributed by atoms with Gasteiger partial charge in [-0.3, -0.25) is 5.32 Å². The SMILES string of the molecule is CC1CSC(c2cccc(C3CC3)c2)N1. The van der Waals surface area contributed by atoms with Crippen LogP contribution in [0.5, 0.6) is 0 Å². The predicted molar refractivity (Wildman–Crippen MR) is 66.2 cm³/mol. The lowest BCUT2D eigenvalue weighted by Gasteiger charge is -2.12. The molecule has 80 valence electrons. The van der Waals surface area contributed by atoms with E-state index in [1.807, 2.05) is 11.8 Å². The van der Waals surface area contributed by atoms with Crippen LogP contribution in [-0.4, -0.2) is 11.8 Å². The minimum absolute atomic E-state index is 0.527. The van der Waals surface area contributed by atoms with Gasteiger partial charge in [0.15, 0.2) is 0 Å². The van der Waals surface area contributed by atoms with Gasteiger partial charge in [0, 0.05) is 11.8 Å². The molecule has 1 aromatic carbocycles.